The van der Waals surface area contributed by atoms with E-state index in [0.29, 0.717) is 25.9 Å². The van der Waals surface area contributed by atoms with Gasteiger partial charge >= 0.3 is 0 Å². The molecule has 2 aliphatic rings. The highest BCUT2D eigenvalue weighted by Crippen LogP contribution is 2.49. The third-order valence-electron chi connectivity index (χ3n) is 5.74. The van der Waals surface area contributed by atoms with Gasteiger partial charge in [-0.15, -0.1) is 5.10 Å². The number of aromatic nitrogens is 3. The maximum absolute atomic E-state index is 14.8. The van der Waals surface area contributed by atoms with Gasteiger partial charge in [0.05, 0.1) is 30.6 Å². The van der Waals surface area contributed by atoms with E-state index in [1.807, 2.05) is 6.07 Å². The molecule has 0 amide bonds. The molecule has 1 saturated heterocycles. The summed E-state index contributed by atoms with van der Waals surface area (Å²) in [6.45, 7) is 0.649. The average molecular weight is 395 g/mol. The molecule has 4 rings (SSSR count). The van der Waals surface area contributed by atoms with Gasteiger partial charge in [-0.1, -0.05) is 6.42 Å². The van der Waals surface area contributed by atoms with Gasteiger partial charge in [-0.2, -0.15) is 5.26 Å². The van der Waals surface area contributed by atoms with Crippen molar-refractivity contribution < 1.29 is 23.0 Å². The van der Waals surface area contributed by atoms with Crippen molar-refractivity contribution in [3.8, 4) is 6.07 Å². The highest BCUT2D eigenvalue weighted by molar-refractivity contribution is 5.60. The van der Waals surface area contributed by atoms with Crippen LogP contribution >= 0.6 is 0 Å². The second-order valence-corrected chi connectivity index (χ2v) is 7.44. The standard InChI is InChI=1S/C18H20F3N5O2/c19-14(20)6-18(3-1-4-18)16-10(7-22)15(21)12-8-23-17(25-26(12)16)24-11-2-5-28-9-13(11)27/h8,11,13-14,27H,1-6,9H2,(H,24,25)/t11-,13-/m1/s1. The number of halogens is 3. The van der Waals surface area contributed by atoms with E-state index < -0.39 is 30.2 Å². The number of nitrogens with one attached hydrogen (secondary N) is 1. The Kier molecular flexibility index (Phi) is 4.89. The van der Waals surface area contributed by atoms with Gasteiger partial charge in [0.1, 0.15) is 17.1 Å². The van der Waals surface area contributed by atoms with Crippen LogP contribution in [0, 0.1) is 17.1 Å². The Balaban J connectivity index is 1.78. The summed E-state index contributed by atoms with van der Waals surface area (Å²) in [5, 5.41) is 26.8. The summed E-state index contributed by atoms with van der Waals surface area (Å²) in [7, 11) is 0. The minimum Gasteiger partial charge on any atom is -0.389 e. The van der Waals surface area contributed by atoms with Gasteiger partial charge in [0, 0.05) is 18.4 Å². The van der Waals surface area contributed by atoms with Crippen LogP contribution in [0.15, 0.2) is 6.20 Å². The SMILES string of the molecule is N#Cc1c(F)c2cnc(N[C@@H]3CCOC[C@H]3O)nn2c1C1(CC(F)F)CCC1. The van der Waals surface area contributed by atoms with E-state index in [-0.39, 0.29) is 35.4 Å². The van der Waals surface area contributed by atoms with Gasteiger partial charge in [0.15, 0.2) is 5.82 Å². The Hall–Kier alpha value is -2.38. The molecule has 7 nitrogen and oxygen atoms in total. The molecule has 3 heterocycles. The van der Waals surface area contributed by atoms with Crippen LogP contribution < -0.4 is 5.32 Å². The largest absolute Gasteiger partial charge is 0.389 e. The summed E-state index contributed by atoms with van der Waals surface area (Å²) in [4.78, 5) is 4.08. The third-order valence-corrected chi connectivity index (χ3v) is 5.74. The highest BCUT2D eigenvalue weighted by Gasteiger charge is 2.46. The molecule has 1 aliphatic carbocycles. The molecule has 2 atom stereocenters. The van der Waals surface area contributed by atoms with Crippen LogP contribution in [0.2, 0.25) is 0 Å². The van der Waals surface area contributed by atoms with Crippen molar-refractivity contribution in [3.05, 3.63) is 23.3 Å². The van der Waals surface area contributed by atoms with Gasteiger partial charge < -0.3 is 15.2 Å². The van der Waals surface area contributed by atoms with E-state index >= 15 is 0 Å². The predicted molar refractivity (Wildman–Crippen MR) is 92.7 cm³/mol. The Bertz CT molecular complexity index is 922. The number of nitriles is 1. The zero-order chi connectivity index (χ0) is 19.9. The molecule has 0 radical (unpaired) electrons. The van der Waals surface area contributed by atoms with Crippen molar-refractivity contribution >= 4 is 11.5 Å². The summed E-state index contributed by atoms with van der Waals surface area (Å²) in [5.74, 6) is -0.665. The van der Waals surface area contributed by atoms with Crippen LogP contribution in [0.1, 0.15) is 43.4 Å². The first-order valence-electron chi connectivity index (χ1n) is 9.23. The van der Waals surface area contributed by atoms with Crippen LogP contribution in [0.25, 0.3) is 5.52 Å². The fourth-order valence-corrected chi connectivity index (χ4v) is 4.16. The van der Waals surface area contributed by atoms with Crippen molar-refractivity contribution in [2.45, 2.75) is 56.1 Å². The maximum atomic E-state index is 14.8. The summed E-state index contributed by atoms with van der Waals surface area (Å²) in [6.07, 6.45) is -0.372. The molecule has 2 aromatic rings. The van der Waals surface area contributed by atoms with E-state index in [1.165, 1.54) is 10.7 Å². The zero-order valence-corrected chi connectivity index (χ0v) is 15.0. The van der Waals surface area contributed by atoms with Crippen molar-refractivity contribution in [1.82, 2.24) is 14.6 Å². The molecule has 2 aromatic heterocycles. The first kappa shape index (κ1) is 19.0. The molecular formula is C18H20F3N5O2. The Labute approximate surface area is 159 Å². The van der Waals surface area contributed by atoms with E-state index in [2.05, 4.69) is 15.4 Å². The molecule has 10 heteroatoms. The maximum Gasteiger partial charge on any atom is 0.241 e. The first-order valence-corrected chi connectivity index (χ1v) is 9.23. The molecule has 0 spiro atoms. The number of hydrogen-bond acceptors (Lipinski definition) is 6. The van der Waals surface area contributed by atoms with Gasteiger partial charge in [-0.25, -0.2) is 22.7 Å². The second kappa shape index (κ2) is 7.22. The number of nitrogens with zero attached hydrogens (tertiary/aromatic N) is 4. The molecule has 1 aliphatic heterocycles. The average Bonchev–Trinajstić information content (AvgIpc) is 2.92. The molecule has 0 unspecified atom stereocenters. The molecule has 1 saturated carbocycles. The van der Waals surface area contributed by atoms with Crippen LogP contribution in [0.3, 0.4) is 0 Å². The van der Waals surface area contributed by atoms with Crippen LogP contribution in [-0.4, -0.2) is 51.5 Å². The van der Waals surface area contributed by atoms with Crippen molar-refractivity contribution in [2.75, 3.05) is 18.5 Å². The smallest absolute Gasteiger partial charge is 0.241 e. The van der Waals surface area contributed by atoms with E-state index in [9.17, 15) is 23.5 Å². The van der Waals surface area contributed by atoms with E-state index in [4.69, 9.17) is 4.74 Å². The van der Waals surface area contributed by atoms with E-state index in [0.717, 1.165) is 6.42 Å². The predicted octanol–water partition coefficient (Wildman–Crippen LogP) is 2.38. The number of ether oxygens (including phenoxy) is 1. The molecule has 150 valence electrons. The number of alkyl halides is 2. The number of hydrogen-bond donors (Lipinski definition) is 2. The number of anilines is 1. The van der Waals surface area contributed by atoms with Crippen LogP contribution in [-0.2, 0) is 10.2 Å². The van der Waals surface area contributed by atoms with Gasteiger partial charge in [-0.05, 0) is 19.3 Å². The molecule has 0 bridgehead atoms. The van der Waals surface area contributed by atoms with Crippen LogP contribution in [0.5, 0.6) is 0 Å². The second-order valence-electron chi connectivity index (χ2n) is 7.44. The number of fused-ring (bicyclic) bond motifs is 1. The summed E-state index contributed by atoms with van der Waals surface area (Å²) >= 11 is 0. The monoisotopic (exact) mass is 395 g/mol. The summed E-state index contributed by atoms with van der Waals surface area (Å²) in [6, 6.07) is 1.48. The first-order chi connectivity index (χ1) is 13.4. The lowest BCUT2D eigenvalue weighted by Crippen LogP contribution is -2.42. The lowest BCUT2D eigenvalue weighted by Gasteiger charge is -2.41. The third kappa shape index (κ3) is 3.08. The van der Waals surface area contributed by atoms with Crippen molar-refractivity contribution in [1.29, 1.82) is 5.26 Å². The lowest BCUT2D eigenvalue weighted by atomic mass is 9.64. The Morgan fingerprint density at radius 1 is 1.46 bits per heavy atom. The Morgan fingerprint density at radius 2 is 2.25 bits per heavy atom. The minimum absolute atomic E-state index is 0.0230. The molecule has 2 fully saturated rings. The lowest BCUT2D eigenvalue weighted by molar-refractivity contribution is -0.0136. The fourth-order valence-electron chi connectivity index (χ4n) is 4.16. The quantitative estimate of drug-likeness (QED) is 0.807. The van der Waals surface area contributed by atoms with Crippen molar-refractivity contribution in [3.63, 3.8) is 0 Å². The topological polar surface area (TPSA) is 95.5 Å². The van der Waals surface area contributed by atoms with Gasteiger partial charge in [0.25, 0.3) is 0 Å². The molecule has 28 heavy (non-hydrogen) atoms. The Morgan fingerprint density at radius 3 is 2.86 bits per heavy atom. The molecule has 2 N–H and O–H groups in total. The number of aliphatic hydroxyl groups is 1. The summed E-state index contributed by atoms with van der Waals surface area (Å²) < 4.78 is 47.7. The van der Waals surface area contributed by atoms with Gasteiger partial charge in [-0.3, -0.25) is 0 Å². The number of rotatable bonds is 5. The number of aliphatic hydroxyl groups excluding tert-OH is 1. The van der Waals surface area contributed by atoms with E-state index in [1.54, 1.807) is 0 Å². The fraction of sp³-hybridized carbons (Fsp3) is 0.611. The minimum atomic E-state index is -2.57. The van der Waals surface area contributed by atoms with Crippen molar-refractivity contribution in [2.24, 2.45) is 0 Å². The normalized spacial score (nSPS) is 24.1. The molecule has 0 aromatic carbocycles. The summed E-state index contributed by atoms with van der Waals surface area (Å²) in [5.41, 5.74) is -1.06. The van der Waals surface area contributed by atoms with Crippen LogP contribution in [0.4, 0.5) is 19.1 Å². The van der Waals surface area contributed by atoms with Gasteiger partial charge in [0.2, 0.25) is 12.4 Å². The highest BCUT2D eigenvalue weighted by atomic mass is 19.3. The molecular weight excluding hydrogens is 375 g/mol. The zero-order valence-electron chi connectivity index (χ0n) is 15.0.